The Bertz CT molecular complexity index is 1310. The minimum atomic E-state index is -3.03. The molecule has 0 saturated carbocycles. The van der Waals surface area contributed by atoms with Crippen molar-refractivity contribution in [2.75, 3.05) is 19.8 Å². The zero-order valence-corrected chi connectivity index (χ0v) is 29.3. The van der Waals surface area contributed by atoms with Gasteiger partial charge in [0.2, 0.25) is 17.7 Å². The van der Waals surface area contributed by atoms with Crippen LogP contribution in [0.15, 0.2) is 0 Å². The van der Waals surface area contributed by atoms with E-state index in [4.69, 9.17) is 29.4 Å². The first kappa shape index (κ1) is 44.4. The van der Waals surface area contributed by atoms with E-state index in [2.05, 4.69) is 16.0 Å². The Balaban J connectivity index is 1.83. The second-order valence-corrected chi connectivity index (χ2v) is 13.1. The molecule has 0 bridgehead atoms. The topological polar surface area (TPSA) is 376 Å². The summed E-state index contributed by atoms with van der Waals surface area (Å²) in [6, 6.07) is -6.68. The van der Waals surface area contributed by atoms with Gasteiger partial charge in [-0.25, -0.2) is 0 Å². The van der Waals surface area contributed by atoms with Gasteiger partial charge in [-0.3, -0.25) is 24.0 Å². The Labute approximate surface area is 302 Å². The molecule has 3 saturated heterocycles. The highest BCUT2D eigenvalue weighted by molar-refractivity contribution is 5.90. The predicted molar refractivity (Wildman–Crippen MR) is 169 cm³/mol. The van der Waals surface area contributed by atoms with Crippen LogP contribution in [0.5, 0.6) is 0 Å². The number of hydrogen-bond acceptors (Lipinski definition) is 20. The van der Waals surface area contributed by atoms with E-state index < -0.39 is 159 Å². The number of Topliss-reactive ketones (excluding diaryl/α,β-unsaturated/α-hetero) is 1. The van der Waals surface area contributed by atoms with Crippen LogP contribution in [-0.4, -0.2) is 199 Å². The molecule has 3 rings (SSSR count). The largest absolute Gasteiger partial charge is 0.456 e. The van der Waals surface area contributed by atoms with E-state index in [0.717, 1.165) is 20.8 Å². The van der Waals surface area contributed by atoms with Crippen LogP contribution in [0, 0.1) is 0 Å². The molecule has 3 heterocycles. The van der Waals surface area contributed by atoms with Crippen molar-refractivity contribution in [3.8, 4) is 0 Å². The Morgan fingerprint density at radius 1 is 0.736 bits per heavy atom. The van der Waals surface area contributed by atoms with E-state index in [0.29, 0.717) is 0 Å². The van der Waals surface area contributed by atoms with Crippen molar-refractivity contribution in [3.63, 3.8) is 0 Å². The summed E-state index contributed by atoms with van der Waals surface area (Å²) in [4.78, 5) is 62.8. The summed E-state index contributed by atoms with van der Waals surface area (Å²) >= 11 is 0. The Morgan fingerprint density at radius 2 is 1.28 bits per heavy atom. The van der Waals surface area contributed by atoms with Gasteiger partial charge in [0, 0.05) is 27.2 Å². The van der Waals surface area contributed by atoms with E-state index in [1.807, 2.05) is 0 Å². The molecule has 3 amide bonds. The summed E-state index contributed by atoms with van der Waals surface area (Å²) in [6.07, 6.45) is -21.5. The average Bonchev–Trinajstić information content (AvgIpc) is 3.09. The van der Waals surface area contributed by atoms with Gasteiger partial charge < -0.3 is 91.3 Å². The number of esters is 1. The fourth-order valence-electron chi connectivity index (χ4n) is 6.44. The summed E-state index contributed by atoms with van der Waals surface area (Å²) in [5, 5.41) is 101. The molecule has 0 aromatic rings. The molecule has 0 aromatic carbocycles. The number of aliphatic hydroxyl groups excluding tert-OH is 8. The minimum absolute atomic E-state index is 0.648. The van der Waals surface area contributed by atoms with Crippen molar-refractivity contribution in [1.82, 2.24) is 16.0 Å². The van der Waals surface area contributed by atoms with Gasteiger partial charge in [-0.15, -0.1) is 0 Å². The van der Waals surface area contributed by atoms with Gasteiger partial charge in [-0.2, -0.15) is 0 Å². The molecule has 14 N–H and O–H groups in total. The van der Waals surface area contributed by atoms with Crippen molar-refractivity contribution in [1.29, 1.82) is 0 Å². The number of hydrogen-bond donors (Lipinski definition) is 13. The van der Waals surface area contributed by atoms with E-state index in [9.17, 15) is 69.9 Å². The highest BCUT2D eigenvalue weighted by Crippen LogP contribution is 2.34. The Morgan fingerprint density at radius 3 is 1.81 bits per heavy atom. The number of nitrogens with one attached hydrogen (secondary N) is 3. The first-order chi connectivity index (χ1) is 24.7. The first-order valence-corrected chi connectivity index (χ1v) is 16.6. The third-order valence-corrected chi connectivity index (χ3v) is 9.25. The molecular weight excluding hydrogens is 720 g/mol. The lowest BCUT2D eigenvalue weighted by Crippen LogP contribution is -2.75. The second-order valence-electron chi connectivity index (χ2n) is 13.1. The smallest absolute Gasteiger partial charge is 0.326 e. The monoisotopic (exact) mass is 770 g/mol. The van der Waals surface area contributed by atoms with Crippen molar-refractivity contribution in [2.24, 2.45) is 5.73 Å². The summed E-state index contributed by atoms with van der Waals surface area (Å²) in [5.41, 5.74) is 3.06. The Kier molecular flexibility index (Phi) is 15.5. The average molecular weight is 771 g/mol. The van der Waals surface area contributed by atoms with Crippen LogP contribution in [0.3, 0.4) is 0 Å². The van der Waals surface area contributed by atoms with Crippen molar-refractivity contribution < 1.29 is 93.6 Å². The van der Waals surface area contributed by atoms with Crippen LogP contribution < -0.4 is 21.7 Å². The molecule has 0 aliphatic carbocycles. The van der Waals surface area contributed by atoms with Crippen molar-refractivity contribution in [3.05, 3.63) is 0 Å². The van der Waals surface area contributed by atoms with Crippen LogP contribution in [0.2, 0.25) is 0 Å². The van der Waals surface area contributed by atoms with Crippen molar-refractivity contribution in [2.45, 2.75) is 138 Å². The summed E-state index contributed by atoms with van der Waals surface area (Å²) in [5.74, 6) is -4.88. The van der Waals surface area contributed by atoms with Gasteiger partial charge in [-0.05, 0) is 6.92 Å². The molecule has 53 heavy (non-hydrogen) atoms. The quantitative estimate of drug-likeness (QED) is 0.0729. The van der Waals surface area contributed by atoms with Gasteiger partial charge >= 0.3 is 5.97 Å². The lowest BCUT2D eigenvalue weighted by Gasteiger charge is -2.49. The van der Waals surface area contributed by atoms with Gasteiger partial charge in [0.05, 0.1) is 38.1 Å². The maximum Gasteiger partial charge on any atom is 0.326 e. The van der Waals surface area contributed by atoms with E-state index in [1.165, 1.54) is 6.92 Å². The molecule has 23 heteroatoms. The standard InChI is InChI=1S/C30H50N4O19/c1-9(49-29-20(33-11(3)39)23(44)22(43)14(6-35)52-29)18(31)27(46)53-24-15(7-36)50-13(21(42)19(24)32-10(2)38)5-17(41)30(48)25(34-12(4)40)28(47)51-16(8-37)26(30)45/h9,13-16,18-26,28-29,35-37,42-45,47-48H,5-8,31H2,1-4H3,(H,32,38)(H,33,39)(H,34,40)/t9-,13+,14-,15-,16-,18+,19-,20+,21+,22-,23-,24-,25+,26-,28-,29-,30-/m1/s1. The minimum Gasteiger partial charge on any atom is -0.456 e. The lowest BCUT2D eigenvalue weighted by molar-refractivity contribution is -0.282. The molecule has 3 fully saturated rings. The molecule has 0 aromatic heterocycles. The Hall–Kier alpha value is -3.01. The fourth-order valence-corrected chi connectivity index (χ4v) is 6.44. The first-order valence-electron chi connectivity index (χ1n) is 16.6. The number of ketones is 1. The summed E-state index contributed by atoms with van der Waals surface area (Å²) in [7, 11) is 0. The van der Waals surface area contributed by atoms with Crippen LogP contribution in [0.4, 0.5) is 0 Å². The third-order valence-electron chi connectivity index (χ3n) is 9.25. The summed E-state index contributed by atoms with van der Waals surface area (Å²) in [6.45, 7) is 1.71. The van der Waals surface area contributed by atoms with Crippen LogP contribution in [0.1, 0.15) is 34.1 Å². The van der Waals surface area contributed by atoms with E-state index in [1.54, 1.807) is 0 Å². The highest BCUT2D eigenvalue weighted by atomic mass is 16.7. The molecule has 3 aliphatic heterocycles. The molecular formula is C30H50N4O19. The van der Waals surface area contributed by atoms with Crippen LogP contribution >= 0.6 is 0 Å². The van der Waals surface area contributed by atoms with Gasteiger partial charge in [0.15, 0.2) is 30.1 Å². The van der Waals surface area contributed by atoms with Gasteiger partial charge in [0.1, 0.15) is 60.9 Å². The fraction of sp³-hybridized carbons (Fsp3) is 0.833. The molecule has 304 valence electrons. The van der Waals surface area contributed by atoms with Crippen LogP contribution in [-0.2, 0) is 47.7 Å². The molecule has 3 aliphatic rings. The molecule has 0 spiro atoms. The number of amides is 3. The van der Waals surface area contributed by atoms with Crippen molar-refractivity contribution >= 4 is 29.5 Å². The summed E-state index contributed by atoms with van der Waals surface area (Å²) < 4.78 is 27.4. The second kappa shape index (κ2) is 18.5. The molecule has 23 nitrogen and oxygen atoms in total. The van der Waals surface area contributed by atoms with Gasteiger partial charge in [0.25, 0.3) is 0 Å². The number of nitrogens with two attached hydrogens (primary N) is 1. The predicted octanol–water partition coefficient (Wildman–Crippen LogP) is -8.54. The number of ether oxygens (including phenoxy) is 5. The van der Waals surface area contributed by atoms with E-state index >= 15 is 0 Å². The molecule has 0 radical (unpaired) electrons. The third kappa shape index (κ3) is 9.81. The normalized spacial score (nSPS) is 40.0. The number of carbonyl (C=O) groups is 5. The maximum absolute atomic E-state index is 13.7. The zero-order chi connectivity index (χ0) is 40.1. The van der Waals surface area contributed by atoms with Gasteiger partial charge in [-0.1, -0.05) is 0 Å². The highest BCUT2D eigenvalue weighted by Gasteiger charge is 2.61. The van der Waals surface area contributed by atoms with E-state index in [-0.39, 0.29) is 0 Å². The number of aliphatic hydroxyl groups is 9. The zero-order valence-electron chi connectivity index (χ0n) is 29.3. The SMILES string of the molecule is CC(=O)N[C@@H]1[C@H](O[C@H](C)[C@H](N)C(=O)O[C@H]2[C@H](NC(C)=O)[C@@H](O)[C@H](CC(=O)[C@]3(O)[C@H](O)[C@@H](CO)O[C@@H](O)[C@@H]3NC(C)=O)O[C@@H]2CO)O[C@H](CO)[C@@H](O)[C@@H]1O. The maximum atomic E-state index is 13.7. The van der Waals surface area contributed by atoms with Crippen LogP contribution in [0.25, 0.3) is 0 Å². The molecule has 17 atom stereocenters. The lowest BCUT2D eigenvalue weighted by atomic mass is 9.76. The molecule has 0 unspecified atom stereocenters. The number of carbonyl (C=O) groups excluding carboxylic acids is 5. The number of rotatable bonds is 14.